The van der Waals surface area contributed by atoms with Crippen molar-refractivity contribution >= 4 is 0 Å². The van der Waals surface area contributed by atoms with E-state index < -0.39 is 25.9 Å². The van der Waals surface area contributed by atoms with Crippen LogP contribution >= 0.6 is 0 Å². The average Bonchev–Trinajstić information content (AvgIpc) is 1.12. The fourth-order valence-corrected chi connectivity index (χ4v) is 0. The van der Waals surface area contributed by atoms with E-state index >= 15 is 0 Å². The molecule has 12 heavy (non-hydrogen) atoms. The van der Waals surface area contributed by atoms with Gasteiger partial charge in [-0.05, 0) is 0 Å². The van der Waals surface area contributed by atoms with Gasteiger partial charge in [0.2, 0.25) is 0 Å². The molecule has 0 unspecified atom stereocenters. The van der Waals surface area contributed by atoms with Gasteiger partial charge in [0.05, 0.1) is 0 Å². The summed E-state index contributed by atoms with van der Waals surface area (Å²) in [5, 5.41) is 0. The molecule has 0 aromatic rings. The predicted molar refractivity (Wildman–Crippen MR) is 4.12 cm³/mol. The second kappa shape index (κ2) is 9.68. The van der Waals surface area contributed by atoms with Crippen molar-refractivity contribution in [2.75, 3.05) is 0 Å². The van der Waals surface area contributed by atoms with Crippen LogP contribution in [-0.2, 0) is 71.3 Å². The Bertz CT molecular complexity index is 301. The normalized spacial score (nSPS) is 9.50. The van der Waals surface area contributed by atoms with Gasteiger partial charge in [-0.25, -0.2) is 0 Å². The molecule has 0 heterocycles. The van der Waals surface area contributed by atoms with Gasteiger partial charge < -0.3 is 0 Å². The van der Waals surface area contributed by atoms with Gasteiger partial charge in [-0.2, -0.15) is 0 Å². The van der Waals surface area contributed by atoms with Crippen LogP contribution in [0, 0.1) is 0 Å². The van der Waals surface area contributed by atoms with Crippen molar-refractivity contribution in [3.8, 4) is 0 Å². The van der Waals surface area contributed by atoms with E-state index in [1.54, 1.807) is 0 Å². The minimum atomic E-state index is -5.62. The van der Waals surface area contributed by atoms with Crippen molar-refractivity contribution in [3.05, 3.63) is 0 Å². The molecule has 0 saturated carbocycles. The zero-order valence-electron chi connectivity index (χ0n) is 5.32. The summed E-state index contributed by atoms with van der Waals surface area (Å²) in [5.74, 6) is 0. The van der Waals surface area contributed by atoms with Gasteiger partial charge >= 0.3 is 131 Å². The first-order valence-electron chi connectivity index (χ1n) is 1.23. The van der Waals surface area contributed by atoms with Gasteiger partial charge in [-0.1, -0.05) is 0 Å². The first-order valence-corrected chi connectivity index (χ1v) is 5.09. The maximum atomic E-state index is 8.58. The van der Waals surface area contributed by atoms with Crippen LogP contribution in [0.3, 0.4) is 0 Å². The van der Waals surface area contributed by atoms with Gasteiger partial charge in [0, 0.05) is 0 Å². The van der Waals surface area contributed by atoms with Gasteiger partial charge in [0.25, 0.3) is 0 Å². The van der Waals surface area contributed by atoms with Crippen molar-refractivity contribution in [3.63, 3.8) is 0 Å². The third-order valence-corrected chi connectivity index (χ3v) is 0. The monoisotopic (exact) mass is 384 g/mol. The first-order chi connectivity index (χ1) is 4.00. The molecule has 0 saturated heterocycles. The van der Waals surface area contributed by atoms with Crippen molar-refractivity contribution in [1.82, 2.24) is 0 Å². The Morgan fingerprint density at radius 2 is 0.667 bits per heavy atom. The summed E-state index contributed by atoms with van der Waals surface area (Å²) < 4.78 is 68.6. The van der Waals surface area contributed by atoms with E-state index in [0.29, 0.717) is 0 Å². The van der Waals surface area contributed by atoms with E-state index in [-0.39, 0.29) is 73.8 Å². The summed E-state index contributed by atoms with van der Waals surface area (Å²) >= 11 is -11.2. The maximum absolute atomic E-state index is 8.58. The summed E-state index contributed by atoms with van der Waals surface area (Å²) in [7, 11) is 0. The van der Waals surface area contributed by atoms with Crippen molar-refractivity contribution in [2.45, 2.75) is 0 Å². The standard InChI is InChI=1S/Ag.K.2Mn.8O/q2*+1;;;;;;;;;2*-1. The summed E-state index contributed by atoms with van der Waals surface area (Å²) in [4.78, 5) is 0. The molecule has 0 radical (unpaired) electrons. The molecule has 0 fully saturated rings. The molecular weight excluding hydrogens is 385 g/mol. The Morgan fingerprint density at radius 1 is 0.667 bits per heavy atom. The summed E-state index contributed by atoms with van der Waals surface area (Å²) in [6.07, 6.45) is 0. The van der Waals surface area contributed by atoms with Crippen LogP contribution in [0.25, 0.3) is 0 Å². The van der Waals surface area contributed by atoms with Crippen molar-refractivity contribution in [2.24, 2.45) is 0 Å². The molecule has 0 aliphatic carbocycles. The second-order valence-corrected chi connectivity index (χ2v) is 3.12. The quantitative estimate of drug-likeness (QED) is 0.374. The molecule has 0 atom stereocenters. The van der Waals surface area contributed by atoms with E-state index in [1.165, 1.54) is 0 Å². The topological polar surface area (TPSA) is 149 Å². The number of rotatable bonds is 0. The third kappa shape index (κ3) is 330. The zero-order chi connectivity index (χ0) is 9.00. The van der Waals surface area contributed by atoms with Crippen molar-refractivity contribution < 1.29 is 131 Å². The van der Waals surface area contributed by atoms with Crippen LogP contribution in [0.2, 0.25) is 0 Å². The van der Waals surface area contributed by atoms with E-state index in [2.05, 4.69) is 0 Å². The van der Waals surface area contributed by atoms with E-state index in [9.17, 15) is 0 Å². The molecule has 74 valence electrons. The van der Waals surface area contributed by atoms with Crippen molar-refractivity contribution in [1.29, 1.82) is 0 Å². The molecule has 8 nitrogen and oxygen atoms in total. The average molecular weight is 385 g/mol. The third-order valence-electron chi connectivity index (χ3n) is 0. The van der Waals surface area contributed by atoms with Gasteiger partial charge in [-0.15, -0.1) is 0 Å². The summed E-state index contributed by atoms with van der Waals surface area (Å²) in [5.41, 5.74) is 0. The Labute approximate surface area is 128 Å². The Morgan fingerprint density at radius 3 is 0.667 bits per heavy atom. The predicted octanol–water partition coefficient (Wildman–Crippen LogP) is -6.09. The Balaban J connectivity index is -0.0000000457. The summed E-state index contributed by atoms with van der Waals surface area (Å²) in [6, 6.07) is 0. The Hall–Kier alpha value is 2.14. The zero-order valence-corrected chi connectivity index (χ0v) is 12.3. The van der Waals surface area contributed by atoms with Crippen LogP contribution < -0.4 is 59.8 Å². The Kier molecular flexibility index (Phi) is 19.2. The minimum absolute atomic E-state index is 0. The van der Waals surface area contributed by atoms with Gasteiger partial charge in [0.1, 0.15) is 0 Å². The molecule has 0 aliphatic heterocycles. The van der Waals surface area contributed by atoms with Crippen LogP contribution in [0.15, 0.2) is 0 Å². The molecule has 12 heteroatoms. The second-order valence-electron chi connectivity index (χ2n) is 0.756. The fourth-order valence-electron chi connectivity index (χ4n) is 0. The fraction of sp³-hybridized carbons (Fsp3) is 0. The van der Waals surface area contributed by atoms with Crippen LogP contribution in [0.4, 0.5) is 0 Å². The molecule has 0 aromatic heterocycles. The van der Waals surface area contributed by atoms with E-state index in [0.717, 1.165) is 0 Å². The van der Waals surface area contributed by atoms with E-state index in [4.69, 9.17) is 31.4 Å². The molecule has 0 rings (SSSR count). The molecule has 0 aromatic carbocycles. The van der Waals surface area contributed by atoms with Gasteiger partial charge in [-0.3, -0.25) is 0 Å². The molecule has 0 aliphatic rings. The molecule has 0 spiro atoms. The van der Waals surface area contributed by atoms with Crippen LogP contribution in [-0.4, -0.2) is 0 Å². The number of hydrogen-bond donors (Lipinski definition) is 0. The molecule has 0 N–H and O–H groups in total. The summed E-state index contributed by atoms with van der Waals surface area (Å²) in [6.45, 7) is 0. The van der Waals surface area contributed by atoms with Crippen LogP contribution in [0.1, 0.15) is 0 Å². The SMILES string of the molecule is [Ag+].[K+].[O]=[Mn](=[O])(=[O])[O-].[O]=[Mn](=[O])(=[O])[O-]. The van der Waals surface area contributed by atoms with Gasteiger partial charge in [0.15, 0.2) is 0 Å². The van der Waals surface area contributed by atoms with E-state index in [1.807, 2.05) is 0 Å². The first kappa shape index (κ1) is 23.7. The van der Waals surface area contributed by atoms with Crippen LogP contribution in [0.5, 0.6) is 0 Å². The number of hydrogen-bond acceptors (Lipinski definition) is 8. The molecule has 0 amide bonds. The molecule has 0 bridgehead atoms. The molecular formula is AgKMn2O8.